The number of hydrogen-bond acceptors (Lipinski definition) is 4. The van der Waals surface area contributed by atoms with E-state index in [-0.39, 0.29) is 31.3 Å². The molecule has 1 aromatic carbocycles. The number of rotatable bonds is 3. The smallest absolute Gasteiger partial charge is 0.410 e. The molecule has 1 fully saturated rings. The second kappa shape index (κ2) is 8.84. The van der Waals surface area contributed by atoms with Gasteiger partial charge in [-0.05, 0) is 47.1 Å². The van der Waals surface area contributed by atoms with Crippen LogP contribution in [0.3, 0.4) is 0 Å². The molecule has 1 aliphatic rings. The molecule has 1 atom stereocenters. The van der Waals surface area contributed by atoms with E-state index >= 15 is 0 Å². The first-order valence-electron chi connectivity index (χ1n) is 9.99. The SMILES string of the molecule is CC(C)(C)NC(=O)[C@@H]1CN(C(=O)OC(C)(C)C)CCN1C(=O)Cc1ccccc1. The molecule has 2 rings (SSSR count). The summed E-state index contributed by atoms with van der Waals surface area (Å²) in [5.74, 6) is -0.402. The first kappa shape index (κ1) is 22.7. The molecule has 0 unspecified atom stereocenters. The van der Waals surface area contributed by atoms with E-state index in [2.05, 4.69) is 5.32 Å². The summed E-state index contributed by atoms with van der Waals surface area (Å²) >= 11 is 0. The van der Waals surface area contributed by atoms with Crippen molar-refractivity contribution in [2.75, 3.05) is 19.6 Å². The standard InChI is InChI=1S/C22H33N3O4/c1-21(2,3)23-19(27)17-15-24(20(28)29-22(4,5)6)12-13-25(17)18(26)14-16-10-8-7-9-11-16/h7-11,17H,12-15H2,1-6H3,(H,23,27)/t17-/m0/s1. The summed E-state index contributed by atoms with van der Waals surface area (Å²) in [5, 5.41) is 2.93. The summed E-state index contributed by atoms with van der Waals surface area (Å²) in [6, 6.07) is 8.68. The Morgan fingerprint density at radius 3 is 2.21 bits per heavy atom. The van der Waals surface area contributed by atoms with Crippen molar-refractivity contribution in [1.29, 1.82) is 0 Å². The average molecular weight is 404 g/mol. The van der Waals surface area contributed by atoms with Crippen LogP contribution in [-0.2, 0) is 20.7 Å². The predicted octanol–water partition coefficient (Wildman–Crippen LogP) is 2.59. The summed E-state index contributed by atoms with van der Waals surface area (Å²) in [7, 11) is 0. The van der Waals surface area contributed by atoms with Crippen LogP contribution >= 0.6 is 0 Å². The van der Waals surface area contributed by atoms with Gasteiger partial charge < -0.3 is 19.9 Å². The number of ether oxygens (including phenoxy) is 1. The van der Waals surface area contributed by atoms with Gasteiger partial charge in [0.1, 0.15) is 11.6 Å². The van der Waals surface area contributed by atoms with Crippen LogP contribution in [0, 0.1) is 0 Å². The number of hydrogen-bond donors (Lipinski definition) is 1. The second-order valence-electron chi connectivity index (χ2n) is 9.43. The highest BCUT2D eigenvalue weighted by Gasteiger charge is 2.39. The number of carbonyl (C=O) groups excluding carboxylic acids is 3. The van der Waals surface area contributed by atoms with Gasteiger partial charge in [-0.1, -0.05) is 30.3 Å². The van der Waals surface area contributed by atoms with Crippen molar-refractivity contribution in [3.05, 3.63) is 35.9 Å². The van der Waals surface area contributed by atoms with Gasteiger partial charge in [-0.2, -0.15) is 0 Å². The van der Waals surface area contributed by atoms with Crippen LogP contribution in [0.4, 0.5) is 4.79 Å². The largest absolute Gasteiger partial charge is 0.444 e. The Morgan fingerprint density at radius 1 is 1.03 bits per heavy atom. The number of nitrogens with one attached hydrogen (secondary N) is 1. The number of piperazine rings is 1. The zero-order valence-corrected chi connectivity index (χ0v) is 18.3. The van der Waals surface area contributed by atoms with E-state index in [0.29, 0.717) is 6.54 Å². The summed E-state index contributed by atoms with van der Waals surface area (Å²) in [5.41, 5.74) is -0.179. The minimum atomic E-state index is -0.758. The Bertz CT molecular complexity index is 735. The molecular weight excluding hydrogens is 370 g/mol. The van der Waals surface area contributed by atoms with Crippen LogP contribution in [0.25, 0.3) is 0 Å². The van der Waals surface area contributed by atoms with E-state index in [1.54, 1.807) is 25.7 Å². The normalized spacial score (nSPS) is 17.7. The van der Waals surface area contributed by atoms with Crippen molar-refractivity contribution in [3.63, 3.8) is 0 Å². The van der Waals surface area contributed by atoms with E-state index in [9.17, 15) is 14.4 Å². The highest BCUT2D eigenvalue weighted by atomic mass is 16.6. The summed E-state index contributed by atoms with van der Waals surface area (Å²) in [6.45, 7) is 11.8. The third-order valence-electron chi connectivity index (χ3n) is 4.35. The number of benzene rings is 1. The van der Waals surface area contributed by atoms with Gasteiger partial charge in [-0.3, -0.25) is 9.59 Å². The summed E-state index contributed by atoms with van der Waals surface area (Å²) in [6.07, 6.45) is -0.256. The van der Waals surface area contributed by atoms with E-state index in [1.807, 2.05) is 51.1 Å². The molecule has 1 aromatic rings. The third kappa shape index (κ3) is 7.07. The van der Waals surface area contributed by atoms with Crippen molar-refractivity contribution in [3.8, 4) is 0 Å². The molecule has 3 amide bonds. The van der Waals surface area contributed by atoms with Crippen molar-refractivity contribution < 1.29 is 19.1 Å². The van der Waals surface area contributed by atoms with Crippen LogP contribution < -0.4 is 5.32 Å². The molecule has 0 saturated carbocycles. The van der Waals surface area contributed by atoms with Gasteiger partial charge in [0.15, 0.2) is 0 Å². The summed E-state index contributed by atoms with van der Waals surface area (Å²) < 4.78 is 5.45. The fourth-order valence-corrected chi connectivity index (χ4v) is 3.12. The van der Waals surface area contributed by atoms with Gasteiger partial charge in [-0.25, -0.2) is 4.79 Å². The quantitative estimate of drug-likeness (QED) is 0.841. The molecule has 0 spiro atoms. The minimum Gasteiger partial charge on any atom is -0.444 e. The number of carbonyl (C=O) groups is 3. The Morgan fingerprint density at radius 2 is 1.66 bits per heavy atom. The zero-order valence-electron chi connectivity index (χ0n) is 18.3. The average Bonchev–Trinajstić information content (AvgIpc) is 2.59. The fourth-order valence-electron chi connectivity index (χ4n) is 3.12. The first-order valence-corrected chi connectivity index (χ1v) is 9.99. The van der Waals surface area contributed by atoms with Crippen molar-refractivity contribution in [2.24, 2.45) is 0 Å². The topological polar surface area (TPSA) is 79.0 Å². The highest BCUT2D eigenvalue weighted by Crippen LogP contribution is 2.17. The van der Waals surface area contributed by atoms with Gasteiger partial charge in [0.25, 0.3) is 0 Å². The van der Waals surface area contributed by atoms with E-state index in [4.69, 9.17) is 4.74 Å². The fraction of sp³-hybridized carbons (Fsp3) is 0.591. The molecule has 0 aromatic heterocycles. The lowest BCUT2D eigenvalue weighted by Crippen LogP contribution is -2.63. The van der Waals surface area contributed by atoms with Crippen molar-refractivity contribution in [2.45, 2.75) is 65.1 Å². The molecule has 160 valence electrons. The highest BCUT2D eigenvalue weighted by molar-refractivity contribution is 5.90. The van der Waals surface area contributed by atoms with Crippen LogP contribution in [0.1, 0.15) is 47.1 Å². The van der Waals surface area contributed by atoms with Crippen LogP contribution in [-0.4, -0.2) is 64.5 Å². The Balaban J connectivity index is 2.18. The maximum atomic E-state index is 13.0. The molecule has 1 aliphatic heterocycles. The maximum Gasteiger partial charge on any atom is 0.410 e. The van der Waals surface area contributed by atoms with Crippen LogP contribution in [0.2, 0.25) is 0 Å². The van der Waals surface area contributed by atoms with Gasteiger partial charge in [0, 0.05) is 18.6 Å². The first-order chi connectivity index (χ1) is 13.4. The maximum absolute atomic E-state index is 13.0. The van der Waals surface area contributed by atoms with Gasteiger partial charge >= 0.3 is 6.09 Å². The molecule has 7 heteroatoms. The zero-order chi connectivity index (χ0) is 21.8. The molecule has 0 radical (unpaired) electrons. The second-order valence-corrected chi connectivity index (χ2v) is 9.43. The predicted molar refractivity (Wildman–Crippen MR) is 111 cm³/mol. The third-order valence-corrected chi connectivity index (χ3v) is 4.35. The van der Waals surface area contributed by atoms with Crippen LogP contribution in [0.15, 0.2) is 30.3 Å². The lowest BCUT2D eigenvalue weighted by molar-refractivity contribution is -0.144. The number of amides is 3. The van der Waals surface area contributed by atoms with Crippen molar-refractivity contribution in [1.82, 2.24) is 15.1 Å². The lowest BCUT2D eigenvalue weighted by Gasteiger charge is -2.41. The van der Waals surface area contributed by atoms with E-state index in [0.717, 1.165) is 5.56 Å². The Hall–Kier alpha value is -2.57. The molecule has 1 heterocycles. The van der Waals surface area contributed by atoms with E-state index in [1.165, 1.54) is 4.90 Å². The molecule has 1 saturated heterocycles. The van der Waals surface area contributed by atoms with Gasteiger partial charge in [0.2, 0.25) is 11.8 Å². The van der Waals surface area contributed by atoms with E-state index < -0.39 is 23.3 Å². The molecule has 7 nitrogen and oxygen atoms in total. The summed E-state index contributed by atoms with van der Waals surface area (Å²) in [4.78, 5) is 41.5. The monoisotopic (exact) mass is 403 g/mol. The van der Waals surface area contributed by atoms with Crippen molar-refractivity contribution >= 4 is 17.9 Å². The minimum absolute atomic E-state index is 0.108. The van der Waals surface area contributed by atoms with Crippen LogP contribution in [0.5, 0.6) is 0 Å². The molecule has 0 bridgehead atoms. The van der Waals surface area contributed by atoms with Gasteiger partial charge in [-0.15, -0.1) is 0 Å². The van der Waals surface area contributed by atoms with Gasteiger partial charge in [0.05, 0.1) is 13.0 Å². The lowest BCUT2D eigenvalue weighted by atomic mass is 10.0. The number of nitrogens with zero attached hydrogens (tertiary/aromatic N) is 2. The molecule has 29 heavy (non-hydrogen) atoms. The molecule has 0 aliphatic carbocycles. The Labute approximate surface area is 173 Å². The Kier molecular flexibility index (Phi) is 6.93. The molecular formula is C22H33N3O4. The molecule has 1 N–H and O–H groups in total.